The zero-order valence-corrected chi connectivity index (χ0v) is 18.3. The normalized spacial score (nSPS) is 22.0. The maximum absolute atomic E-state index is 13.2. The van der Waals surface area contributed by atoms with Crippen LogP contribution in [0.4, 0.5) is 4.39 Å². The molecule has 0 spiro atoms. The van der Waals surface area contributed by atoms with Gasteiger partial charge in [0.1, 0.15) is 12.4 Å². The molecule has 0 unspecified atom stereocenters. The van der Waals surface area contributed by atoms with E-state index < -0.39 is 5.82 Å². The van der Waals surface area contributed by atoms with Crippen LogP contribution in [0.2, 0.25) is 0 Å². The molecule has 2 amide bonds. The Morgan fingerprint density at radius 1 is 1.03 bits per heavy atom. The lowest BCUT2D eigenvalue weighted by molar-refractivity contribution is -0.159. The quantitative estimate of drug-likeness (QED) is 0.669. The summed E-state index contributed by atoms with van der Waals surface area (Å²) in [5.74, 6) is -0.933. The van der Waals surface area contributed by atoms with E-state index in [0.29, 0.717) is 12.1 Å². The van der Waals surface area contributed by atoms with Crippen LogP contribution in [0.3, 0.4) is 0 Å². The summed E-state index contributed by atoms with van der Waals surface area (Å²) in [5, 5.41) is 10.0. The second kappa shape index (κ2) is 8.45. The van der Waals surface area contributed by atoms with Gasteiger partial charge in [0.2, 0.25) is 5.91 Å². The minimum absolute atomic E-state index is 0.0395. The zero-order valence-electron chi connectivity index (χ0n) is 18.3. The fourth-order valence-electron chi connectivity index (χ4n) is 5.21. The highest BCUT2D eigenvalue weighted by molar-refractivity contribution is 5.97. The molecule has 168 valence electrons. The summed E-state index contributed by atoms with van der Waals surface area (Å²) < 4.78 is 13.2. The second-order valence-electron chi connectivity index (χ2n) is 8.77. The smallest absolute Gasteiger partial charge is 0.254 e. The molecule has 2 aliphatic heterocycles. The minimum atomic E-state index is -0.411. The van der Waals surface area contributed by atoms with Gasteiger partial charge in [0, 0.05) is 18.0 Å². The SMILES string of the molecule is Cc1ccccc1-c1ccc([C@H]2[C@H](CO)N3C(=O)CN(C(=O)c4ccc(F)cc4)C[C@@H]23)cc1. The van der Waals surface area contributed by atoms with E-state index in [9.17, 15) is 19.1 Å². The summed E-state index contributed by atoms with van der Waals surface area (Å²) >= 11 is 0. The van der Waals surface area contributed by atoms with Gasteiger partial charge in [-0.1, -0.05) is 48.5 Å². The van der Waals surface area contributed by atoms with Gasteiger partial charge in [-0.15, -0.1) is 0 Å². The van der Waals surface area contributed by atoms with E-state index in [1.54, 1.807) is 4.90 Å². The molecular formula is C27H25FN2O3. The molecule has 2 heterocycles. The van der Waals surface area contributed by atoms with Crippen molar-refractivity contribution in [3.63, 3.8) is 0 Å². The number of rotatable bonds is 4. The number of fused-ring (bicyclic) bond motifs is 1. The van der Waals surface area contributed by atoms with E-state index in [4.69, 9.17) is 0 Å². The van der Waals surface area contributed by atoms with Gasteiger partial charge >= 0.3 is 0 Å². The maximum atomic E-state index is 13.2. The number of halogens is 1. The van der Waals surface area contributed by atoms with Gasteiger partial charge in [-0.25, -0.2) is 4.39 Å². The maximum Gasteiger partial charge on any atom is 0.254 e. The summed E-state index contributed by atoms with van der Waals surface area (Å²) in [6.07, 6.45) is 0. The molecule has 0 saturated carbocycles. The summed E-state index contributed by atoms with van der Waals surface area (Å²) in [6, 6.07) is 21.3. The van der Waals surface area contributed by atoms with Crippen LogP contribution >= 0.6 is 0 Å². The third-order valence-corrected chi connectivity index (χ3v) is 6.88. The molecule has 3 aromatic rings. The van der Waals surface area contributed by atoms with Crippen molar-refractivity contribution in [3.8, 4) is 11.1 Å². The molecule has 0 aliphatic carbocycles. The van der Waals surface area contributed by atoms with Gasteiger partial charge in [0.05, 0.1) is 18.7 Å². The molecule has 6 heteroatoms. The van der Waals surface area contributed by atoms with Crippen molar-refractivity contribution in [3.05, 3.63) is 95.3 Å². The highest BCUT2D eigenvalue weighted by Crippen LogP contribution is 2.43. The fourth-order valence-corrected chi connectivity index (χ4v) is 5.21. The van der Waals surface area contributed by atoms with Crippen LogP contribution in [0.25, 0.3) is 11.1 Å². The first-order chi connectivity index (χ1) is 16.0. The molecule has 2 saturated heterocycles. The molecule has 0 radical (unpaired) electrons. The Morgan fingerprint density at radius 2 is 1.73 bits per heavy atom. The standard InChI is InChI=1S/C27H25FN2O3/c1-17-4-2-3-5-22(17)18-6-8-19(9-7-18)26-23-14-29(15-25(32)30(23)24(26)16-31)27(33)20-10-12-21(28)13-11-20/h2-13,23-24,26,31H,14-16H2,1H3/t23-,24-,26+/m0/s1. The average molecular weight is 445 g/mol. The van der Waals surface area contributed by atoms with Crippen molar-refractivity contribution in [2.24, 2.45) is 0 Å². The molecule has 5 nitrogen and oxygen atoms in total. The number of benzene rings is 3. The third-order valence-electron chi connectivity index (χ3n) is 6.88. The van der Waals surface area contributed by atoms with Crippen molar-refractivity contribution < 1.29 is 19.1 Å². The lowest BCUT2D eigenvalue weighted by Crippen LogP contribution is -2.73. The average Bonchev–Trinajstić information content (AvgIpc) is 2.81. The first-order valence-corrected chi connectivity index (χ1v) is 11.1. The van der Waals surface area contributed by atoms with Crippen molar-refractivity contribution in [1.82, 2.24) is 9.80 Å². The van der Waals surface area contributed by atoms with E-state index >= 15 is 0 Å². The Balaban J connectivity index is 1.39. The zero-order chi connectivity index (χ0) is 23.1. The van der Waals surface area contributed by atoms with E-state index in [0.717, 1.165) is 11.1 Å². The number of piperazine rings is 1. The molecule has 2 fully saturated rings. The number of nitrogens with zero attached hydrogens (tertiary/aromatic N) is 2. The number of carbonyl (C=O) groups is 2. The lowest BCUT2D eigenvalue weighted by Gasteiger charge is -2.58. The monoisotopic (exact) mass is 444 g/mol. The molecule has 3 aromatic carbocycles. The summed E-state index contributed by atoms with van der Waals surface area (Å²) in [7, 11) is 0. The first kappa shape index (κ1) is 21.3. The molecule has 3 atom stereocenters. The van der Waals surface area contributed by atoms with Crippen molar-refractivity contribution in [1.29, 1.82) is 0 Å². The molecule has 0 bridgehead atoms. The minimum Gasteiger partial charge on any atom is -0.394 e. The highest BCUT2D eigenvalue weighted by Gasteiger charge is 2.54. The van der Waals surface area contributed by atoms with Crippen molar-refractivity contribution in [2.45, 2.75) is 24.9 Å². The fraction of sp³-hybridized carbons (Fsp3) is 0.259. The Bertz CT molecular complexity index is 1190. The molecule has 33 heavy (non-hydrogen) atoms. The summed E-state index contributed by atoms with van der Waals surface area (Å²) in [5.41, 5.74) is 4.87. The number of amides is 2. The Hall–Kier alpha value is -3.51. The van der Waals surface area contributed by atoms with Crippen LogP contribution in [-0.2, 0) is 4.79 Å². The van der Waals surface area contributed by atoms with Gasteiger partial charge in [0.25, 0.3) is 5.91 Å². The summed E-state index contributed by atoms with van der Waals surface area (Å²) in [4.78, 5) is 29.0. The van der Waals surface area contributed by atoms with Gasteiger partial charge in [-0.2, -0.15) is 0 Å². The molecule has 2 aliphatic rings. The highest BCUT2D eigenvalue weighted by atomic mass is 19.1. The van der Waals surface area contributed by atoms with Gasteiger partial charge < -0.3 is 14.9 Å². The predicted octanol–water partition coefficient (Wildman–Crippen LogP) is 3.61. The number of hydrogen-bond donors (Lipinski definition) is 1. The number of aliphatic hydroxyl groups is 1. The first-order valence-electron chi connectivity index (χ1n) is 11.1. The van der Waals surface area contributed by atoms with Crippen LogP contribution in [0.1, 0.15) is 27.4 Å². The number of hydrogen-bond acceptors (Lipinski definition) is 3. The van der Waals surface area contributed by atoms with Crippen LogP contribution in [-0.4, -0.2) is 58.5 Å². The summed E-state index contributed by atoms with van der Waals surface area (Å²) in [6.45, 7) is 2.29. The van der Waals surface area contributed by atoms with E-state index in [-0.39, 0.29) is 43.0 Å². The van der Waals surface area contributed by atoms with Gasteiger partial charge in [-0.05, 0) is 53.4 Å². The number of aryl methyl sites for hydroxylation is 1. The van der Waals surface area contributed by atoms with Crippen molar-refractivity contribution >= 4 is 11.8 Å². The second-order valence-corrected chi connectivity index (χ2v) is 8.77. The lowest BCUT2D eigenvalue weighted by atomic mass is 9.73. The number of carbonyl (C=O) groups excluding carboxylic acids is 2. The van der Waals surface area contributed by atoms with Gasteiger partial charge in [-0.3, -0.25) is 9.59 Å². The van der Waals surface area contributed by atoms with Crippen molar-refractivity contribution in [2.75, 3.05) is 19.7 Å². The third kappa shape index (κ3) is 3.70. The molecule has 5 rings (SSSR count). The largest absolute Gasteiger partial charge is 0.394 e. The molecular weight excluding hydrogens is 419 g/mol. The van der Waals surface area contributed by atoms with Gasteiger partial charge in [0.15, 0.2) is 0 Å². The van der Waals surface area contributed by atoms with E-state index in [1.807, 2.05) is 12.1 Å². The predicted molar refractivity (Wildman–Crippen MR) is 123 cm³/mol. The molecule has 0 aromatic heterocycles. The Labute approximate surface area is 192 Å². The number of aliphatic hydroxyl groups excluding tert-OH is 1. The Morgan fingerprint density at radius 3 is 2.39 bits per heavy atom. The molecule has 1 N–H and O–H groups in total. The van der Waals surface area contributed by atoms with E-state index in [2.05, 4.69) is 43.3 Å². The topological polar surface area (TPSA) is 60.9 Å². The van der Waals surface area contributed by atoms with Crippen LogP contribution < -0.4 is 0 Å². The Kier molecular flexibility index (Phi) is 5.46. The van der Waals surface area contributed by atoms with E-state index in [1.165, 1.54) is 40.3 Å². The van der Waals surface area contributed by atoms with Crippen LogP contribution in [0, 0.1) is 12.7 Å². The van der Waals surface area contributed by atoms with Crippen LogP contribution in [0.5, 0.6) is 0 Å². The van der Waals surface area contributed by atoms with Crippen LogP contribution in [0.15, 0.2) is 72.8 Å².